The molecule has 0 fully saturated rings. The predicted octanol–water partition coefficient (Wildman–Crippen LogP) is 4.42. The van der Waals surface area contributed by atoms with Gasteiger partial charge in [0, 0.05) is 16.9 Å². The Bertz CT molecular complexity index is 1040. The first-order valence-corrected chi connectivity index (χ1v) is 10.5. The lowest BCUT2D eigenvalue weighted by molar-refractivity contribution is -0.115. The summed E-state index contributed by atoms with van der Waals surface area (Å²) in [5.41, 5.74) is 1.07. The standard InChI is InChI=1S/C21H27N5O3S/c1-20(2,3)15-11-16(26(25-15)21(4,5)6)23-17(27)10-13-12-30-19(22-13)24-18(28)14-8-7-9-29-14/h7-9,11-12H,10H2,1-6H3,(H,23,27)(H,22,24,28). The van der Waals surface area contributed by atoms with Gasteiger partial charge in [0.05, 0.1) is 29.6 Å². The van der Waals surface area contributed by atoms with Crippen molar-refractivity contribution in [3.05, 3.63) is 47.0 Å². The van der Waals surface area contributed by atoms with Gasteiger partial charge in [0.25, 0.3) is 5.91 Å². The normalized spacial score (nSPS) is 12.1. The average molecular weight is 430 g/mol. The van der Waals surface area contributed by atoms with Crippen LogP contribution < -0.4 is 10.6 Å². The second-order valence-corrected chi connectivity index (χ2v) is 9.91. The summed E-state index contributed by atoms with van der Waals surface area (Å²) >= 11 is 1.26. The van der Waals surface area contributed by atoms with Crippen LogP contribution in [0.2, 0.25) is 0 Å². The first-order chi connectivity index (χ1) is 13.9. The van der Waals surface area contributed by atoms with Crippen molar-refractivity contribution in [2.45, 2.75) is 58.9 Å². The Morgan fingerprint density at radius 2 is 1.90 bits per heavy atom. The fourth-order valence-corrected chi connectivity index (χ4v) is 3.42. The van der Waals surface area contributed by atoms with Crippen molar-refractivity contribution in [2.75, 3.05) is 10.6 Å². The molecule has 0 aromatic carbocycles. The van der Waals surface area contributed by atoms with Crippen LogP contribution >= 0.6 is 11.3 Å². The molecule has 3 aromatic heterocycles. The van der Waals surface area contributed by atoms with Crippen LogP contribution in [-0.4, -0.2) is 26.6 Å². The summed E-state index contributed by atoms with van der Waals surface area (Å²) in [7, 11) is 0. The van der Waals surface area contributed by atoms with E-state index in [1.807, 2.05) is 31.5 Å². The van der Waals surface area contributed by atoms with Gasteiger partial charge in [-0.15, -0.1) is 11.3 Å². The van der Waals surface area contributed by atoms with Crippen molar-refractivity contribution in [1.82, 2.24) is 14.8 Å². The summed E-state index contributed by atoms with van der Waals surface area (Å²) in [4.78, 5) is 29.0. The molecule has 3 aromatic rings. The zero-order valence-electron chi connectivity index (χ0n) is 18.1. The molecule has 2 N–H and O–H groups in total. The Kier molecular flexibility index (Phi) is 5.85. The van der Waals surface area contributed by atoms with Crippen LogP contribution in [0.5, 0.6) is 0 Å². The van der Waals surface area contributed by atoms with E-state index in [4.69, 9.17) is 9.52 Å². The summed E-state index contributed by atoms with van der Waals surface area (Å²) in [6.45, 7) is 12.4. The van der Waals surface area contributed by atoms with Crippen molar-refractivity contribution >= 4 is 34.1 Å². The first-order valence-electron chi connectivity index (χ1n) is 9.63. The zero-order chi connectivity index (χ0) is 22.1. The molecule has 2 amide bonds. The molecule has 0 spiro atoms. The van der Waals surface area contributed by atoms with Crippen LogP contribution in [0.25, 0.3) is 0 Å². The highest BCUT2D eigenvalue weighted by Crippen LogP contribution is 2.28. The molecule has 8 nitrogen and oxygen atoms in total. The lowest BCUT2D eigenvalue weighted by atomic mass is 9.92. The number of amides is 2. The Hall–Kier alpha value is -2.94. The Labute approximate surface area is 179 Å². The van der Waals surface area contributed by atoms with E-state index in [0.717, 1.165) is 5.69 Å². The second-order valence-electron chi connectivity index (χ2n) is 9.05. The Balaban J connectivity index is 1.68. The van der Waals surface area contributed by atoms with Gasteiger partial charge < -0.3 is 9.73 Å². The Morgan fingerprint density at radius 1 is 1.17 bits per heavy atom. The van der Waals surface area contributed by atoms with Gasteiger partial charge in [-0.2, -0.15) is 5.10 Å². The number of hydrogen-bond acceptors (Lipinski definition) is 6. The third-order valence-corrected chi connectivity index (χ3v) is 5.05. The quantitative estimate of drug-likeness (QED) is 0.625. The number of aromatic nitrogens is 3. The van der Waals surface area contributed by atoms with Gasteiger partial charge in [-0.05, 0) is 32.9 Å². The number of furan rings is 1. The molecule has 0 aliphatic carbocycles. The van der Waals surface area contributed by atoms with E-state index in [1.54, 1.807) is 17.5 Å². The van der Waals surface area contributed by atoms with E-state index in [-0.39, 0.29) is 34.9 Å². The number of anilines is 2. The molecule has 0 saturated heterocycles. The Morgan fingerprint density at radius 3 is 2.50 bits per heavy atom. The number of nitrogens with one attached hydrogen (secondary N) is 2. The van der Waals surface area contributed by atoms with Gasteiger partial charge >= 0.3 is 0 Å². The van der Waals surface area contributed by atoms with E-state index >= 15 is 0 Å². The fraction of sp³-hybridized carbons (Fsp3) is 0.429. The molecule has 0 aliphatic heterocycles. The number of hydrogen-bond donors (Lipinski definition) is 2. The average Bonchev–Trinajstić information content (AvgIpc) is 3.33. The molecule has 0 radical (unpaired) electrons. The highest BCUT2D eigenvalue weighted by atomic mass is 32.1. The third kappa shape index (κ3) is 5.15. The molecular formula is C21H27N5O3S. The molecule has 0 aliphatic rings. The summed E-state index contributed by atoms with van der Waals surface area (Å²) in [6, 6.07) is 5.13. The number of carbonyl (C=O) groups excluding carboxylic acids is 2. The smallest absolute Gasteiger partial charge is 0.293 e. The maximum atomic E-state index is 12.6. The first kappa shape index (κ1) is 21.8. The number of rotatable bonds is 5. The summed E-state index contributed by atoms with van der Waals surface area (Å²) in [6.07, 6.45) is 1.52. The number of carbonyl (C=O) groups is 2. The van der Waals surface area contributed by atoms with Crippen molar-refractivity contribution in [3.63, 3.8) is 0 Å². The van der Waals surface area contributed by atoms with Crippen LogP contribution in [0.1, 0.15) is 63.5 Å². The molecule has 3 heterocycles. The largest absolute Gasteiger partial charge is 0.459 e. The highest BCUT2D eigenvalue weighted by Gasteiger charge is 2.26. The van der Waals surface area contributed by atoms with Crippen LogP contribution in [0.4, 0.5) is 10.9 Å². The minimum absolute atomic E-state index is 0.0906. The minimum atomic E-state index is -0.380. The molecule has 160 valence electrons. The molecule has 0 unspecified atom stereocenters. The van der Waals surface area contributed by atoms with E-state index < -0.39 is 0 Å². The lowest BCUT2D eigenvalue weighted by Crippen LogP contribution is -2.27. The fourth-order valence-electron chi connectivity index (χ4n) is 2.71. The third-order valence-electron chi connectivity index (χ3n) is 4.24. The molecule has 9 heteroatoms. The highest BCUT2D eigenvalue weighted by molar-refractivity contribution is 7.14. The number of thiazole rings is 1. The van der Waals surface area contributed by atoms with Crippen LogP contribution in [-0.2, 0) is 22.2 Å². The monoisotopic (exact) mass is 429 g/mol. The van der Waals surface area contributed by atoms with Gasteiger partial charge in [-0.1, -0.05) is 20.8 Å². The van der Waals surface area contributed by atoms with Gasteiger partial charge in [0.15, 0.2) is 10.9 Å². The molecule has 0 bridgehead atoms. The van der Waals surface area contributed by atoms with Crippen molar-refractivity contribution in [2.24, 2.45) is 0 Å². The second kappa shape index (κ2) is 8.06. The summed E-state index contributed by atoms with van der Waals surface area (Å²) in [5, 5.41) is 12.5. The van der Waals surface area contributed by atoms with Crippen LogP contribution in [0.3, 0.4) is 0 Å². The van der Waals surface area contributed by atoms with Crippen LogP contribution in [0, 0.1) is 0 Å². The summed E-state index contributed by atoms with van der Waals surface area (Å²) in [5.74, 6) is 0.276. The molecule has 0 atom stereocenters. The van der Waals surface area contributed by atoms with E-state index in [0.29, 0.717) is 16.6 Å². The van der Waals surface area contributed by atoms with E-state index in [9.17, 15) is 9.59 Å². The van der Waals surface area contributed by atoms with Crippen molar-refractivity contribution in [1.29, 1.82) is 0 Å². The predicted molar refractivity (Wildman–Crippen MR) is 117 cm³/mol. The van der Waals surface area contributed by atoms with Gasteiger partial charge in [0.1, 0.15) is 5.82 Å². The maximum Gasteiger partial charge on any atom is 0.293 e. The van der Waals surface area contributed by atoms with Crippen molar-refractivity contribution in [3.8, 4) is 0 Å². The molecule has 3 rings (SSSR count). The minimum Gasteiger partial charge on any atom is -0.459 e. The van der Waals surface area contributed by atoms with Gasteiger partial charge in [-0.25, -0.2) is 9.67 Å². The number of nitrogens with zero attached hydrogens (tertiary/aromatic N) is 3. The van der Waals surface area contributed by atoms with Crippen LogP contribution in [0.15, 0.2) is 34.3 Å². The van der Waals surface area contributed by atoms with E-state index in [1.165, 1.54) is 17.6 Å². The van der Waals surface area contributed by atoms with E-state index in [2.05, 4.69) is 36.4 Å². The topological polar surface area (TPSA) is 102 Å². The van der Waals surface area contributed by atoms with Gasteiger partial charge in [-0.3, -0.25) is 14.9 Å². The van der Waals surface area contributed by atoms with Gasteiger partial charge in [0.2, 0.25) is 5.91 Å². The SMILES string of the molecule is CC(C)(C)c1cc(NC(=O)Cc2csc(NC(=O)c3ccco3)n2)n(C(C)(C)C)n1. The molecule has 30 heavy (non-hydrogen) atoms. The zero-order valence-corrected chi connectivity index (χ0v) is 18.9. The van der Waals surface area contributed by atoms with Crippen molar-refractivity contribution < 1.29 is 14.0 Å². The molecule has 0 saturated carbocycles. The molecular weight excluding hydrogens is 402 g/mol. The lowest BCUT2D eigenvalue weighted by Gasteiger charge is -2.23. The maximum absolute atomic E-state index is 12.6. The summed E-state index contributed by atoms with van der Waals surface area (Å²) < 4.78 is 6.90.